The van der Waals surface area contributed by atoms with Crippen molar-refractivity contribution in [2.24, 2.45) is 50.2 Å². The molecule has 0 bridgehead atoms. The molecule has 2 aliphatic heterocycles. The van der Waals surface area contributed by atoms with Gasteiger partial charge in [0.25, 0.3) is 0 Å². The van der Waals surface area contributed by atoms with Gasteiger partial charge in [0.1, 0.15) is 42.7 Å². The highest BCUT2D eigenvalue weighted by atomic mass is 16.8. The minimum atomic E-state index is -1.94. The first kappa shape index (κ1) is 42.4. The maximum Gasteiger partial charge on any atom is 0.335 e. The van der Waals surface area contributed by atoms with E-state index in [1.165, 1.54) is 5.57 Å². The Kier molecular flexibility index (Phi) is 10.8. The van der Waals surface area contributed by atoms with Crippen LogP contribution in [-0.2, 0) is 28.5 Å². The average Bonchev–Trinajstić information content (AvgIpc) is 3.12. The summed E-state index contributed by atoms with van der Waals surface area (Å²) in [5.74, 6) is -1.66. The lowest BCUT2D eigenvalue weighted by Crippen LogP contribution is -2.67. The number of carboxylic acids is 2. The third-order valence-electron chi connectivity index (χ3n) is 17.2. The molecule has 0 aromatic carbocycles. The van der Waals surface area contributed by atoms with Gasteiger partial charge in [-0.2, -0.15) is 0 Å². The number of aliphatic hydroxyl groups is 6. The topological polar surface area (TPSA) is 233 Å². The number of hydrogen-bond donors (Lipinski definition) is 8. The fraction of sp³-hybridized carbons (Fsp3) is 0.905. The van der Waals surface area contributed by atoms with E-state index in [4.69, 9.17) is 18.9 Å². The second kappa shape index (κ2) is 14.2. The molecule has 0 aromatic heterocycles. The summed E-state index contributed by atoms with van der Waals surface area (Å²) in [5, 5.41) is 83.8. The number of fused-ring (bicyclic) bond motifs is 7. The summed E-state index contributed by atoms with van der Waals surface area (Å²) in [4.78, 5) is 25.2. The Bertz CT molecular complexity index is 1560. The normalized spacial score (nSPS) is 52.3. The molecule has 318 valence electrons. The Morgan fingerprint density at radius 1 is 0.750 bits per heavy atom. The fourth-order valence-electron chi connectivity index (χ4n) is 13.6. The number of aliphatic carboxylic acids is 2. The molecule has 2 heterocycles. The summed E-state index contributed by atoms with van der Waals surface area (Å²) in [7, 11) is 0. The van der Waals surface area contributed by atoms with E-state index >= 15 is 0 Å². The lowest BCUT2D eigenvalue weighted by atomic mass is 9.33. The van der Waals surface area contributed by atoms with Crippen molar-refractivity contribution in [2.75, 3.05) is 6.61 Å². The zero-order valence-electron chi connectivity index (χ0n) is 34.0. The minimum Gasteiger partial charge on any atom is -0.481 e. The van der Waals surface area contributed by atoms with Gasteiger partial charge in [-0.05, 0) is 109 Å². The highest BCUT2D eigenvalue weighted by Crippen LogP contribution is 2.76. The van der Waals surface area contributed by atoms with Gasteiger partial charge in [-0.15, -0.1) is 0 Å². The summed E-state index contributed by atoms with van der Waals surface area (Å²) in [6, 6.07) is 0. The van der Waals surface area contributed by atoms with Gasteiger partial charge in [0, 0.05) is 0 Å². The van der Waals surface area contributed by atoms with Crippen LogP contribution in [0.5, 0.6) is 0 Å². The molecule has 4 saturated carbocycles. The van der Waals surface area contributed by atoms with Gasteiger partial charge in [0.15, 0.2) is 18.7 Å². The van der Waals surface area contributed by atoms with E-state index in [9.17, 15) is 50.4 Å². The summed E-state index contributed by atoms with van der Waals surface area (Å²) in [6.07, 6.45) is -6.99. The Morgan fingerprint density at radius 3 is 2.07 bits per heavy atom. The lowest BCUT2D eigenvalue weighted by molar-refractivity contribution is -0.374. The molecule has 7 aliphatic rings. The highest BCUT2D eigenvalue weighted by molar-refractivity contribution is 5.76. The van der Waals surface area contributed by atoms with Gasteiger partial charge >= 0.3 is 11.9 Å². The van der Waals surface area contributed by atoms with Crippen LogP contribution in [0.25, 0.3) is 0 Å². The van der Waals surface area contributed by atoms with Crippen LogP contribution in [0.4, 0.5) is 0 Å². The molecular formula is C42H66O14. The van der Waals surface area contributed by atoms with Crippen molar-refractivity contribution in [3.05, 3.63) is 11.6 Å². The molecule has 2 saturated heterocycles. The van der Waals surface area contributed by atoms with Crippen molar-refractivity contribution in [2.45, 2.75) is 180 Å². The zero-order chi connectivity index (χ0) is 41.1. The summed E-state index contributed by atoms with van der Waals surface area (Å²) >= 11 is 0. The van der Waals surface area contributed by atoms with Gasteiger partial charge < -0.3 is 59.8 Å². The number of ether oxygens (including phenoxy) is 4. The molecule has 18 atom stereocenters. The predicted molar refractivity (Wildman–Crippen MR) is 198 cm³/mol. The third kappa shape index (κ3) is 6.17. The summed E-state index contributed by atoms with van der Waals surface area (Å²) in [5.41, 5.74) is -0.0913. The van der Waals surface area contributed by atoms with Crippen molar-refractivity contribution < 1.29 is 69.4 Å². The van der Waals surface area contributed by atoms with Crippen LogP contribution in [0.15, 0.2) is 11.6 Å². The summed E-state index contributed by atoms with van der Waals surface area (Å²) in [6.45, 7) is 15.4. The molecule has 14 nitrogen and oxygen atoms in total. The van der Waals surface area contributed by atoms with E-state index in [1.54, 1.807) is 0 Å². The van der Waals surface area contributed by atoms with Gasteiger partial charge in [0.2, 0.25) is 0 Å². The van der Waals surface area contributed by atoms with Gasteiger partial charge in [-0.25, -0.2) is 4.79 Å². The van der Waals surface area contributed by atoms with Crippen LogP contribution in [0, 0.1) is 50.2 Å². The summed E-state index contributed by atoms with van der Waals surface area (Å²) < 4.78 is 23.9. The van der Waals surface area contributed by atoms with Crippen molar-refractivity contribution in [1.29, 1.82) is 0 Å². The van der Waals surface area contributed by atoms with Crippen LogP contribution < -0.4 is 0 Å². The number of carboxylic acid groups (broad SMARTS) is 2. The van der Waals surface area contributed by atoms with Crippen molar-refractivity contribution in [1.82, 2.24) is 0 Å². The zero-order valence-corrected chi connectivity index (χ0v) is 34.0. The number of aliphatic hydroxyl groups excluding tert-OH is 6. The van der Waals surface area contributed by atoms with Crippen LogP contribution in [0.1, 0.15) is 113 Å². The molecule has 0 amide bonds. The maximum absolute atomic E-state index is 13.1. The largest absolute Gasteiger partial charge is 0.481 e. The molecule has 56 heavy (non-hydrogen) atoms. The quantitative estimate of drug-likeness (QED) is 0.137. The second-order valence-corrected chi connectivity index (χ2v) is 20.7. The first-order valence-electron chi connectivity index (χ1n) is 20.8. The molecule has 0 radical (unpaired) electrons. The maximum atomic E-state index is 13.1. The molecule has 0 unspecified atom stereocenters. The molecule has 0 spiro atoms. The fourth-order valence-corrected chi connectivity index (χ4v) is 13.6. The van der Waals surface area contributed by atoms with E-state index in [1.807, 2.05) is 0 Å². The van der Waals surface area contributed by atoms with Gasteiger partial charge in [-0.3, -0.25) is 4.79 Å². The van der Waals surface area contributed by atoms with Crippen molar-refractivity contribution >= 4 is 11.9 Å². The second-order valence-electron chi connectivity index (χ2n) is 20.7. The van der Waals surface area contributed by atoms with Crippen LogP contribution in [-0.4, -0.2) is 127 Å². The Labute approximate surface area is 329 Å². The van der Waals surface area contributed by atoms with E-state index in [0.717, 1.165) is 44.9 Å². The third-order valence-corrected chi connectivity index (χ3v) is 17.2. The molecule has 7 rings (SSSR count). The van der Waals surface area contributed by atoms with Gasteiger partial charge in [0.05, 0.1) is 18.1 Å². The number of hydrogen-bond acceptors (Lipinski definition) is 12. The molecule has 0 aromatic rings. The minimum absolute atomic E-state index is 0.0171. The highest BCUT2D eigenvalue weighted by Gasteiger charge is 2.70. The molecular weight excluding hydrogens is 728 g/mol. The predicted octanol–water partition coefficient (Wildman–Crippen LogP) is 2.97. The number of rotatable bonds is 7. The van der Waals surface area contributed by atoms with Crippen LogP contribution in [0.2, 0.25) is 0 Å². The smallest absolute Gasteiger partial charge is 0.335 e. The van der Waals surface area contributed by atoms with Gasteiger partial charge in [-0.1, -0.05) is 60.1 Å². The van der Waals surface area contributed by atoms with E-state index in [0.29, 0.717) is 25.2 Å². The number of allylic oxidation sites excluding steroid dienone is 2. The standard InChI is InChI=1S/C42H66O14/c1-37(2)14-16-42(36(51)52)17-15-40(6)20(21(42)18-37)8-9-24-39(5)12-11-25(38(3,4)23(39)10-13-41(24,40)7)54-35-32(29(47)28(46)31(55-35)33(49)50)56-34-30(48)27(45)26(44)22(19-43)53-34/h8,21-32,34-35,43-48H,9-19H2,1-7H3,(H,49,50)(H,51,52)/t21-,22+,23-,24+,25-,26+,27-,28-,29-,30+,31-,32+,34-,35+,39-,40+,41+,42-/m1/s1. The van der Waals surface area contributed by atoms with E-state index in [-0.39, 0.29) is 33.5 Å². The molecule has 14 heteroatoms. The monoisotopic (exact) mass is 794 g/mol. The Balaban J connectivity index is 1.16. The first-order valence-corrected chi connectivity index (χ1v) is 20.8. The van der Waals surface area contributed by atoms with Crippen LogP contribution >= 0.6 is 0 Å². The Hall–Kier alpha value is -1.72. The molecule has 6 fully saturated rings. The van der Waals surface area contributed by atoms with Crippen molar-refractivity contribution in [3.8, 4) is 0 Å². The first-order chi connectivity index (χ1) is 26.0. The lowest BCUT2D eigenvalue weighted by Gasteiger charge is -2.71. The van der Waals surface area contributed by atoms with E-state index in [2.05, 4.69) is 54.5 Å². The SMILES string of the molecule is CC1(C)CC[C@@]2(C(=O)O)CC[C@@]3(C)C(=CC[C@H]4[C@]5(C)CC[C@@H](O[C@H]6O[C@@H](C(=O)O)[C@H](O)[C@@H](O)[C@@H]6O[C@H]6O[C@@H](CO)[C@H](O)[C@@H](O)[C@@H]6O)C(C)(C)[C@H]5CC[C@@]43C)[C@H]2C1. The average molecular weight is 795 g/mol. The Morgan fingerprint density at radius 2 is 1.43 bits per heavy atom. The van der Waals surface area contributed by atoms with E-state index < -0.39 is 96.9 Å². The van der Waals surface area contributed by atoms with Crippen LogP contribution in [0.3, 0.4) is 0 Å². The molecule has 5 aliphatic carbocycles. The molecule has 8 N–H and O–H groups in total. The van der Waals surface area contributed by atoms with Crippen molar-refractivity contribution in [3.63, 3.8) is 0 Å². The number of carbonyl (C=O) groups is 2.